The molecular formula is C48H28N2S2. The van der Waals surface area contributed by atoms with Gasteiger partial charge in [-0.3, -0.25) is 0 Å². The molecule has 0 radical (unpaired) electrons. The maximum atomic E-state index is 2.49. The molecule has 0 spiro atoms. The standard InChI is InChI=1S/C48H28N2S2/c1-7-19-37(49-39-21-9-3-17-35(39)45-41(49)27-25-33-31-15-5-11-23-43(31)51-47(33)45)29(13-1)30-14-2-8-20-38(30)50-40-22-10-4-18-36(40)46-42(50)28-26-34-32-16-6-12-24-44(32)52-48(34)46/h1-28H. The minimum atomic E-state index is 1.18. The summed E-state index contributed by atoms with van der Waals surface area (Å²) in [6.07, 6.45) is 0. The van der Waals surface area contributed by atoms with Crippen molar-refractivity contribution in [2.75, 3.05) is 0 Å². The fourth-order valence-electron chi connectivity index (χ4n) is 8.78. The van der Waals surface area contributed by atoms with Crippen LogP contribution < -0.4 is 0 Å². The van der Waals surface area contributed by atoms with Crippen molar-refractivity contribution in [3.63, 3.8) is 0 Å². The maximum absolute atomic E-state index is 2.49. The maximum Gasteiger partial charge on any atom is 0.0556 e. The molecule has 2 nitrogen and oxygen atoms in total. The summed E-state index contributed by atoms with van der Waals surface area (Å²) in [5, 5.41) is 10.5. The number of nitrogens with zero attached hydrogens (tertiary/aromatic N) is 2. The van der Waals surface area contributed by atoms with Gasteiger partial charge in [0, 0.05) is 73.0 Å². The van der Waals surface area contributed by atoms with Crippen LogP contribution in [0.3, 0.4) is 0 Å². The van der Waals surface area contributed by atoms with Crippen LogP contribution in [-0.2, 0) is 0 Å². The van der Waals surface area contributed by atoms with Crippen LogP contribution in [0.2, 0.25) is 0 Å². The third kappa shape index (κ3) is 3.77. The molecule has 12 aromatic rings. The summed E-state index contributed by atoms with van der Waals surface area (Å²) in [6.45, 7) is 0. The number of hydrogen-bond acceptors (Lipinski definition) is 2. The lowest BCUT2D eigenvalue weighted by Crippen LogP contribution is -2.01. The van der Waals surface area contributed by atoms with Gasteiger partial charge in [0.15, 0.2) is 0 Å². The van der Waals surface area contributed by atoms with Gasteiger partial charge in [-0.15, -0.1) is 22.7 Å². The van der Waals surface area contributed by atoms with Crippen LogP contribution in [-0.4, -0.2) is 9.13 Å². The van der Waals surface area contributed by atoms with Gasteiger partial charge >= 0.3 is 0 Å². The Kier molecular flexibility index (Phi) is 5.84. The molecule has 0 unspecified atom stereocenters. The largest absolute Gasteiger partial charge is 0.309 e. The van der Waals surface area contributed by atoms with Crippen molar-refractivity contribution < 1.29 is 0 Å². The third-order valence-corrected chi connectivity index (χ3v) is 13.3. The van der Waals surface area contributed by atoms with Crippen molar-refractivity contribution in [2.45, 2.75) is 0 Å². The van der Waals surface area contributed by atoms with Crippen molar-refractivity contribution in [3.8, 4) is 22.5 Å². The predicted octanol–water partition coefficient (Wildman–Crippen LogP) is 14.3. The average Bonchev–Trinajstić information content (AvgIpc) is 3.95. The molecule has 52 heavy (non-hydrogen) atoms. The van der Waals surface area contributed by atoms with Crippen molar-refractivity contribution in [2.24, 2.45) is 0 Å². The number of benzene rings is 8. The van der Waals surface area contributed by atoms with Crippen LogP contribution in [0, 0.1) is 0 Å². The second kappa shape index (κ2) is 10.7. The second-order valence-corrected chi connectivity index (χ2v) is 15.7. The smallest absolute Gasteiger partial charge is 0.0556 e. The van der Waals surface area contributed by atoms with Crippen LogP contribution in [0.5, 0.6) is 0 Å². The molecule has 0 amide bonds. The average molecular weight is 697 g/mol. The van der Waals surface area contributed by atoms with E-state index in [1.807, 2.05) is 22.7 Å². The summed E-state index contributed by atoms with van der Waals surface area (Å²) < 4.78 is 10.3. The first kappa shape index (κ1) is 28.5. The Balaban J connectivity index is 1.16. The Morgan fingerprint density at radius 3 is 1.15 bits per heavy atom. The molecule has 0 bridgehead atoms. The molecule has 4 aromatic heterocycles. The number of para-hydroxylation sites is 4. The molecule has 12 rings (SSSR count). The normalized spacial score (nSPS) is 12.2. The van der Waals surface area contributed by atoms with Gasteiger partial charge in [0.1, 0.15) is 0 Å². The Hall–Kier alpha value is -6.20. The Morgan fingerprint density at radius 1 is 0.288 bits per heavy atom. The van der Waals surface area contributed by atoms with E-state index in [0.29, 0.717) is 0 Å². The highest BCUT2D eigenvalue weighted by Crippen LogP contribution is 2.47. The van der Waals surface area contributed by atoms with Crippen LogP contribution in [0.25, 0.3) is 106 Å². The highest BCUT2D eigenvalue weighted by molar-refractivity contribution is 7.27. The predicted molar refractivity (Wildman–Crippen MR) is 226 cm³/mol. The lowest BCUT2D eigenvalue weighted by Gasteiger charge is -2.18. The van der Waals surface area contributed by atoms with Gasteiger partial charge in [-0.25, -0.2) is 0 Å². The fourth-order valence-corrected chi connectivity index (χ4v) is 11.3. The van der Waals surface area contributed by atoms with E-state index >= 15 is 0 Å². The topological polar surface area (TPSA) is 9.86 Å². The molecule has 8 aromatic carbocycles. The lowest BCUT2D eigenvalue weighted by atomic mass is 10.0. The zero-order chi connectivity index (χ0) is 33.9. The van der Waals surface area contributed by atoms with E-state index in [4.69, 9.17) is 0 Å². The van der Waals surface area contributed by atoms with E-state index in [2.05, 4.69) is 179 Å². The van der Waals surface area contributed by atoms with Gasteiger partial charge in [0.25, 0.3) is 0 Å². The summed E-state index contributed by atoms with van der Waals surface area (Å²) >= 11 is 3.81. The molecule has 0 atom stereocenters. The van der Waals surface area contributed by atoms with Gasteiger partial charge in [0.05, 0.1) is 33.4 Å². The van der Waals surface area contributed by atoms with E-state index < -0.39 is 0 Å². The van der Waals surface area contributed by atoms with Gasteiger partial charge < -0.3 is 9.13 Å². The van der Waals surface area contributed by atoms with E-state index in [0.717, 1.165) is 0 Å². The van der Waals surface area contributed by atoms with Crippen LogP contribution in [0.1, 0.15) is 0 Å². The van der Waals surface area contributed by atoms with Gasteiger partial charge in [-0.1, -0.05) is 121 Å². The first-order valence-corrected chi connectivity index (χ1v) is 19.3. The van der Waals surface area contributed by atoms with Gasteiger partial charge in [-0.05, 0) is 48.5 Å². The highest BCUT2D eigenvalue weighted by Gasteiger charge is 2.22. The van der Waals surface area contributed by atoms with E-state index in [-0.39, 0.29) is 0 Å². The SMILES string of the molecule is c1ccc(-n2c3ccccc3c3c4sc5ccccc5c4ccc32)c(-c2ccccc2-n2c3ccccc3c3c4sc5ccccc5c4ccc32)c1. The van der Waals surface area contributed by atoms with Crippen molar-refractivity contribution in [1.82, 2.24) is 9.13 Å². The summed E-state index contributed by atoms with van der Waals surface area (Å²) in [7, 11) is 0. The summed E-state index contributed by atoms with van der Waals surface area (Å²) in [5.74, 6) is 0. The van der Waals surface area contributed by atoms with Gasteiger partial charge in [-0.2, -0.15) is 0 Å². The number of thiophene rings is 2. The molecule has 242 valence electrons. The number of aromatic nitrogens is 2. The molecule has 0 saturated heterocycles. The monoisotopic (exact) mass is 696 g/mol. The Morgan fingerprint density at radius 2 is 0.673 bits per heavy atom. The van der Waals surface area contributed by atoms with Crippen molar-refractivity contribution >= 4 is 107 Å². The molecule has 4 heterocycles. The van der Waals surface area contributed by atoms with Gasteiger partial charge in [0.2, 0.25) is 0 Å². The number of fused-ring (bicyclic) bond motifs is 14. The van der Waals surface area contributed by atoms with Crippen LogP contribution >= 0.6 is 22.7 Å². The van der Waals surface area contributed by atoms with Crippen LogP contribution in [0.4, 0.5) is 0 Å². The van der Waals surface area contributed by atoms with Crippen molar-refractivity contribution in [1.29, 1.82) is 0 Å². The summed E-state index contributed by atoms with van der Waals surface area (Å²) in [5.41, 5.74) is 9.65. The molecular weight excluding hydrogens is 669 g/mol. The summed E-state index contributed by atoms with van der Waals surface area (Å²) in [6, 6.07) is 62.7. The minimum Gasteiger partial charge on any atom is -0.309 e. The van der Waals surface area contributed by atoms with Crippen LogP contribution in [0.15, 0.2) is 170 Å². The third-order valence-electron chi connectivity index (χ3n) is 10.9. The van der Waals surface area contributed by atoms with E-state index in [1.54, 1.807) is 0 Å². The highest BCUT2D eigenvalue weighted by atomic mass is 32.1. The Labute approximate surface area is 306 Å². The first-order chi connectivity index (χ1) is 25.8. The lowest BCUT2D eigenvalue weighted by molar-refractivity contribution is 1.16. The summed E-state index contributed by atoms with van der Waals surface area (Å²) in [4.78, 5) is 0. The number of rotatable bonds is 3. The molecule has 0 aliphatic heterocycles. The molecule has 0 N–H and O–H groups in total. The molecule has 0 aliphatic rings. The van der Waals surface area contributed by atoms with E-state index in [9.17, 15) is 0 Å². The molecule has 0 saturated carbocycles. The zero-order valence-corrected chi connectivity index (χ0v) is 29.5. The molecule has 4 heteroatoms. The molecule has 0 fully saturated rings. The molecule has 0 aliphatic carbocycles. The second-order valence-electron chi connectivity index (χ2n) is 13.6. The van der Waals surface area contributed by atoms with E-state index in [1.165, 1.54) is 106 Å². The Bertz CT molecular complexity index is 3190. The number of hydrogen-bond donors (Lipinski definition) is 0. The zero-order valence-electron chi connectivity index (χ0n) is 27.9. The van der Waals surface area contributed by atoms with Crippen molar-refractivity contribution in [3.05, 3.63) is 170 Å². The fraction of sp³-hybridized carbons (Fsp3) is 0. The quantitative estimate of drug-likeness (QED) is 0.174. The minimum absolute atomic E-state index is 1.18. The first-order valence-electron chi connectivity index (χ1n) is 17.7.